The lowest BCUT2D eigenvalue weighted by molar-refractivity contribution is -0.136. The molecule has 2 heterocycles. The number of hydrogen-bond acceptors (Lipinski definition) is 6. The molecule has 2 aliphatic rings. The Hall–Kier alpha value is -2.29. The zero-order valence-corrected chi connectivity index (χ0v) is 13.8. The summed E-state index contributed by atoms with van der Waals surface area (Å²) in [5, 5.41) is 14.9. The average molecular weight is 346 g/mol. The molecule has 5 N–H and O–H groups in total. The van der Waals surface area contributed by atoms with Crippen molar-refractivity contribution in [3.05, 3.63) is 34.9 Å². The van der Waals surface area contributed by atoms with E-state index in [1.165, 1.54) is 4.90 Å². The van der Waals surface area contributed by atoms with E-state index in [1.807, 2.05) is 12.1 Å². The predicted molar refractivity (Wildman–Crippen MR) is 89.3 cm³/mol. The van der Waals surface area contributed by atoms with Crippen molar-refractivity contribution in [1.29, 1.82) is 0 Å². The number of rotatable bonds is 6. The van der Waals surface area contributed by atoms with Crippen LogP contribution in [-0.2, 0) is 22.7 Å². The van der Waals surface area contributed by atoms with E-state index in [-0.39, 0.29) is 24.8 Å². The normalized spacial score (nSPS) is 21.3. The van der Waals surface area contributed by atoms with E-state index in [1.54, 1.807) is 6.07 Å². The molecule has 1 aromatic rings. The third kappa shape index (κ3) is 3.71. The number of amides is 3. The minimum Gasteiger partial charge on any atom is -0.390 e. The molecule has 0 aliphatic carbocycles. The lowest BCUT2D eigenvalue weighted by Crippen LogP contribution is -2.52. The molecule has 3 rings (SSSR count). The Morgan fingerprint density at radius 1 is 1.36 bits per heavy atom. The van der Waals surface area contributed by atoms with Gasteiger partial charge in [-0.1, -0.05) is 12.1 Å². The quantitative estimate of drug-likeness (QED) is 0.483. The van der Waals surface area contributed by atoms with Crippen LogP contribution in [0.5, 0.6) is 0 Å². The minimum absolute atomic E-state index is 0.178. The first kappa shape index (κ1) is 17.5. The van der Waals surface area contributed by atoms with E-state index in [4.69, 9.17) is 5.73 Å². The van der Waals surface area contributed by atoms with Gasteiger partial charge in [-0.15, -0.1) is 0 Å². The van der Waals surface area contributed by atoms with Crippen molar-refractivity contribution in [2.75, 3.05) is 13.1 Å². The molecule has 3 amide bonds. The van der Waals surface area contributed by atoms with Gasteiger partial charge in [0, 0.05) is 38.2 Å². The van der Waals surface area contributed by atoms with Gasteiger partial charge >= 0.3 is 0 Å². The van der Waals surface area contributed by atoms with Gasteiger partial charge in [-0.25, -0.2) is 0 Å². The number of imide groups is 1. The van der Waals surface area contributed by atoms with E-state index in [0.717, 1.165) is 11.1 Å². The number of nitrogens with zero attached hydrogens (tertiary/aromatic N) is 1. The molecule has 0 radical (unpaired) electrons. The molecule has 0 saturated carbocycles. The van der Waals surface area contributed by atoms with Crippen LogP contribution in [0.3, 0.4) is 0 Å². The van der Waals surface area contributed by atoms with Crippen molar-refractivity contribution in [2.45, 2.75) is 38.1 Å². The Labute approximate surface area is 145 Å². The van der Waals surface area contributed by atoms with E-state index in [0.29, 0.717) is 31.6 Å². The number of nitrogens with one attached hydrogen (secondary N) is 2. The highest BCUT2D eigenvalue weighted by atomic mass is 16.3. The van der Waals surface area contributed by atoms with Crippen LogP contribution in [0.15, 0.2) is 18.2 Å². The fourth-order valence-electron chi connectivity index (χ4n) is 3.20. The molecule has 2 aliphatic heterocycles. The fourth-order valence-corrected chi connectivity index (χ4v) is 3.20. The molecule has 0 aromatic heterocycles. The third-order valence-electron chi connectivity index (χ3n) is 4.57. The van der Waals surface area contributed by atoms with Gasteiger partial charge in [-0.05, 0) is 23.6 Å². The number of carbonyl (C=O) groups is 3. The van der Waals surface area contributed by atoms with E-state index >= 15 is 0 Å². The van der Waals surface area contributed by atoms with E-state index < -0.39 is 18.1 Å². The molecule has 1 unspecified atom stereocenters. The number of nitrogens with two attached hydrogens (primary N) is 1. The van der Waals surface area contributed by atoms with E-state index in [2.05, 4.69) is 10.6 Å². The van der Waals surface area contributed by atoms with Crippen molar-refractivity contribution in [2.24, 2.45) is 5.73 Å². The highest BCUT2D eigenvalue weighted by molar-refractivity contribution is 6.05. The fraction of sp³-hybridized carbons (Fsp3) is 0.471. The van der Waals surface area contributed by atoms with Crippen molar-refractivity contribution in [1.82, 2.24) is 15.5 Å². The Bertz CT molecular complexity index is 706. The molecule has 2 atom stereocenters. The van der Waals surface area contributed by atoms with Crippen LogP contribution in [-0.4, -0.2) is 53.0 Å². The summed E-state index contributed by atoms with van der Waals surface area (Å²) in [7, 11) is 0. The summed E-state index contributed by atoms with van der Waals surface area (Å²) in [6.07, 6.45) is 0.0179. The van der Waals surface area contributed by atoms with E-state index in [9.17, 15) is 19.5 Å². The molecule has 1 aromatic carbocycles. The zero-order chi connectivity index (χ0) is 18.0. The van der Waals surface area contributed by atoms with Crippen molar-refractivity contribution in [3.8, 4) is 0 Å². The predicted octanol–water partition coefficient (Wildman–Crippen LogP) is -1.14. The van der Waals surface area contributed by atoms with Crippen molar-refractivity contribution in [3.63, 3.8) is 0 Å². The second-order valence-electron chi connectivity index (χ2n) is 6.41. The van der Waals surface area contributed by atoms with Gasteiger partial charge < -0.3 is 21.1 Å². The summed E-state index contributed by atoms with van der Waals surface area (Å²) in [6, 6.07) is 4.95. The second kappa shape index (κ2) is 7.30. The highest BCUT2D eigenvalue weighted by Crippen LogP contribution is 2.28. The maximum Gasteiger partial charge on any atom is 0.255 e. The number of aliphatic hydroxyl groups is 1. The van der Waals surface area contributed by atoms with Crippen LogP contribution in [0.1, 0.15) is 34.3 Å². The lowest BCUT2D eigenvalue weighted by atomic mass is 10.0. The first-order valence-corrected chi connectivity index (χ1v) is 8.35. The Balaban J connectivity index is 1.67. The SMILES string of the molecule is NC[C@H](O)CNCc1ccc2c(c1)CN(C1CCC(=O)NC1=O)C2=O. The summed E-state index contributed by atoms with van der Waals surface area (Å²) < 4.78 is 0. The summed E-state index contributed by atoms with van der Waals surface area (Å²) in [5.41, 5.74) is 7.81. The highest BCUT2D eigenvalue weighted by Gasteiger charge is 2.38. The molecule has 25 heavy (non-hydrogen) atoms. The first-order chi connectivity index (χ1) is 12.0. The van der Waals surface area contributed by atoms with Crippen LogP contribution in [0, 0.1) is 0 Å². The van der Waals surface area contributed by atoms with Crippen LogP contribution in [0.25, 0.3) is 0 Å². The average Bonchev–Trinajstić information content (AvgIpc) is 2.91. The first-order valence-electron chi connectivity index (χ1n) is 8.35. The number of hydrogen-bond donors (Lipinski definition) is 4. The van der Waals surface area contributed by atoms with Gasteiger partial charge in [0.25, 0.3) is 5.91 Å². The Kier molecular flexibility index (Phi) is 5.12. The third-order valence-corrected chi connectivity index (χ3v) is 4.57. The maximum absolute atomic E-state index is 12.6. The Morgan fingerprint density at radius 3 is 2.88 bits per heavy atom. The van der Waals surface area contributed by atoms with Crippen molar-refractivity contribution < 1.29 is 19.5 Å². The number of carbonyl (C=O) groups excluding carboxylic acids is 3. The standard InChI is InChI=1S/C17H22N4O4/c18-6-12(22)8-19-7-10-1-2-13-11(5-10)9-21(17(13)25)14-3-4-15(23)20-16(14)24/h1-2,5,12,14,19,22H,3-4,6-9,18H2,(H,20,23,24)/t12-,14?/m0/s1. The number of piperidine rings is 1. The number of aliphatic hydroxyl groups excluding tert-OH is 1. The second-order valence-corrected chi connectivity index (χ2v) is 6.41. The Morgan fingerprint density at radius 2 is 2.16 bits per heavy atom. The van der Waals surface area contributed by atoms with Crippen LogP contribution in [0.2, 0.25) is 0 Å². The molecular formula is C17H22N4O4. The molecule has 1 fully saturated rings. The minimum atomic E-state index is -0.598. The molecule has 1 saturated heterocycles. The van der Waals surface area contributed by atoms with Crippen molar-refractivity contribution >= 4 is 17.7 Å². The molecule has 134 valence electrons. The van der Waals surface area contributed by atoms with Gasteiger partial charge in [0.1, 0.15) is 6.04 Å². The summed E-state index contributed by atoms with van der Waals surface area (Å²) in [4.78, 5) is 37.4. The molecular weight excluding hydrogens is 324 g/mol. The molecule has 0 spiro atoms. The molecule has 8 heteroatoms. The van der Waals surface area contributed by atoms with Crippen LogP contribution >= 0.6 is 0 Å². The van der Waals surface area contributed by atoms with Gasteiger partial charge in [-0.3, -0.25) is 19.7 Å². The van der Waals surface area contributed by atoms with Gasteiger partial charge in [-0.2, -0.15) is 0 Å². The van der Waals surface area contributed by atoms with Gasteiger partial charge in [0.15, 0.2) is 0 Å². The number of benzene rings is 1. The zero-order valence-electron chi connectivity index (χ0n) is 13.8. The molecule has 0 bridgehead atoms. The van der Waals surface area contributed by atoms with Crippen LogP contribution < -0.4 is 16.4 Å². The maximum atomic E-state index is 12.6. The lowest BCUT2D eigenvalue weighted by Gasteiger charge is -2.29. The molecule has 8 nitrogen and oxygen atoms in total. The topological polar surface area (TPSA) is 125 Å². The summed E-state index contributed by atoms with van der Waals surface area (Å²) >= 11 is 0. The summed E-state index contributed by atoms with van der Waals surface area (Å²) in [5.74, 6) is -0.879. The van der Waals surface area contributed by atoms with Gasteiger partial charge in [0.2, 0.25) is 11.8 Å². The summed E-state index contributed by atoms with van der Waals surface area (Å²) in [6.45, 7) is 1.51. The van der Waals surface area contributed by atoms with Crippen LogP contribution in [0.4, 0.5) is 0 Å². The smallest absolute Gasteiger partial charge is 0.255 e. The van der Waals surface area contributed by atoms with Gasteiger partial charge in [0.05, 0.1) is 6.10 Å². The monoisotopic (exact) mass is 346 g/mol. The largest absolute Gasteiger partial charge is 0.390 e. The number of fused-ring (bicyclic) bond motifs is 1.